The Morgan fingerprint density at radius 2 is 1.93 bits per heavy atom. The normalized spacial score (nSPS) is 12.4. The minimum absolute atomic E-state index is 0.271. The highest BCUT2D eigenvalue weighted by Gasteiger charge is 2.08. The van der Waals surface area contributed by atoms with Crippen LogP contribution in [0.2, 0.25) is 0 Å². The smallest absolute Gasteiger partial charge is 0.123 e. The second-order valence-corrected chi connectivity index (χ2v) is 3.32. The van der Waals surface area contributed by atoms with Crippen LogP contribution >= 0.6 is 0 Å². The first kappa shape index (κ1) is 9.80. The van der Waals surface area contributed by atoms with Gasteiger partial charge in [-0.05, 0) is 29.3 Å². The van der Waals surface area contributed by atoms with Gasteiger partial charge in [0, 0.05) is 12.4 Å². The molecule has 0 radical (unpaired) electrons. The first-order chi connectivity index (χ1) is 7.27. The Bertz CT molecular complexity index is 442. The molecule has 1 heterocycles. The maximum absolute atomic E-state index is 13.0. The molecule has 0 saturated heterocycles. The highest BCUT2D eigenvalue weighted by Crippen LogP contribution is 2.18. The zero-order valence-electron chi connectivity index (χ0n) is 8.10. The number of nitrogens with two attached hydrogens (primary N) is 1. The Morgan fingerprint density at radius 1 is 1.13 bits per heavy atom. The summed E-state index contributed by atoms with van der Waals surface area (Å²) >= 11 is 0. The Morgan fingerprint density at radius 3 is 2.60 bits per heavy atom. The lowest BCUT2D eigenvalue weighted by atomic mass is 10.0. The van der Waals surface area contributed by atoms with Crippen molar-refractivity contribution >= 4 is 0 Å². The average molecular weight is 202 g/mol. The zero-order valence-corrected chi connectivity index (χ0v) is 8.10. The summed E-state index contributed by atoms with van der Waals surface area (Å²) in [6.07, 6.45) is 3.37. The average Bonchev–Trinajstić information content (AvgIpc) is 2.29. The number of aromatic nitrogens is 1. The number of halogens is 1. The molecule has 15 heavy (non-hydrogen) atoms. The fraction of sp³-hybridized carbons (Fsp3) is 0.0833. The summed E-state index contributed by atoms with van der Waals surface area (Å²) in [5, 5.41) is 0. The van der Waals surface area contributed by atoms with E-state index >= 15 is 0 Å². The van der Waals surface area contributed by atoms with Gasteiger partial charge < -0.3 is 5.73 Å². The summed E-state index contributed by atoms with van der Waals surface area (Å²) in [5.41, 5.74) is 7.61. The van der Waals surface area contributed by atoms with Crippen molar-refractivity contribution in [2.45, 2.75) is 6.04 Å². The summed E-state index contributed by atoms with van der Waals surface area (Å²) in [4.78, 5) is 3.98. The molecule has 0 aliphatic carbocycles. The van der Waals surface area contributed by atoms with E-state index in [9.17, 15) is 4.39 Å². The third-order valence-electron chi connectivity index (χ3n) is 2.25. The topological polar surface area (TPSA) is 38.9 Å². The molecule has 2 rings (SSSR count). The van der Waals surface area contributed by atoms with Gasteiger partial charge in [-0.25, -0.2) is 4.39 Å². The second kappa shape index (κ2) is 4.19. The second-order valence-electron chi connectivity index (χ2n) is 3.32. The van der Waals surface area contributed by atoms with Crippen LogP contribution in [0.1, 0.15) is 17.2 Å². The van der Waals surface area contributed by atoms with Crippen molar-refractivity contribution in [3.05, 3.63) is 65.7 Å². The minimum Gasteiger partial charge on any atom is -0.320 e. The zero-order chi connectivity index (χ0) is 10.7. The van der Waals surface area contributed by atoms with Crippen molar-refractivity contribution in [1.29, 1.82) is 0 Å². The molecule has 3 heteroatoms. The van der Waals surface area contributed by atoms with E-state index < -0.39 is 0 Å². The van der Waals surface area contributed by atoms with Gasteiger partial charge in [0.2, 0.25) is 0 Å². The lowest BCUT2D eigenvalue weighted by Crippen LogP contribution is -2.12. The monoisotopic (exact) mass is 202 g/mol. The van der Waals surface area contributed by atoms with Crippen LogP contribution in [0.25, 0.3) is 0 Å². The van der Waals surface area contributed by atoms with Gasteiger partial charge in [0.25, 0.3) is 0 Å². The van der Waals surface area contributed by atoms with E-state index in [1.54, 1.807) is 24.5 Å². The van der Waals surface area contributed by atoms with Crippen molar-refractivity contribution in [1.82, 2.24) is 4.98 Å². The standard InChI is InChI=1S/C12H11FN2/c13-11-5-1-3-9(7-11)12(14)10-4-2-6-15-8-10/h1-8,12H,14H2. The minimum atomic E-state index is -0.325. The van der Waals surface area contributed by atoms with Crippen molar-refractivity contribution < 1.29 is 4.39 Å². The number of pyridine rings is 1. The number of nitrogens with zero attached hydrogens (tertiary/aromatic N) is 1. The van der Waals surface area contributed by atoms with Crippen LogP contribution in [0.5, 0.6) is 0 Å². The van der Waals surface area contributed by atoms with Gasteiger partial charge in [-0.15, -0.1) is 0 Å². The van der Waals surface area contributed by atoms with Crippen molar-refractivity contribution in [3.8, 4) is 0 Å². The highest BCUT2D eigenvalue weighted by molar-refractivity contribution is 5.29. The van der Waals surface area contributed by atoms with E-state index in [0.29, 0.717) is 0 Å². The maximum atomic E-state index is 13.0. The molecule has 0 aliphatic rings. The van der Waals surface area contributed by atoms with Gasteiger partial charge in [0.05, 0.1) is 6.04 Å². The van der Waals surface area contributed by atoms with Gasteiger partial charge in [0.15, 0.2) is 0 Å². The highest BCUT2D eigenvalue weighted by atomic mass is 19.1. The van der Waals surface area contributed by atoms with Crippen molar-refractivity contribution in [2.24, 2.45) is 5.73 Å². The fourth-order valence-electron chi connectivity index (χ4n) is 1.45. The molecule has 0 bridgehead atoms. The molecule has 0 aliphatic heterocycles. The van der Waals surface area contributed by atoms with Crippen LogP contribution in [0.3, 0.4) is 0 Å². The quantitative estimate of drug-likeness (QED) is 0.811. The van der Waals surface area contributed by atoms with E-state index in [-0.39, 0.29) is 11.9 Å². The first-order valence-electron chi connectivity index (χ1n) is 4.68. The van der Waals surface area contributed by atoms with Gasteiger partial charge in [-0.3, -0.25) is 4.98 Å². The predicted molar refractivity (Wildman–Crippen MR) is 56.7 cm³/mol. The maximum Gasteiger partial charge on any atom is 0.123 e. The molecule has 0 saturated carbocycles. The number of hydrogen-bond acceptors (Lipinski definition) is 2. The van der Waals surface area contributed by atoms with Gasteiger partial charge in [-0.2, -0.15) is 0 Å². The predicted octanol–water partition coefficient (Wildman–Crippen LogP) is 2.27. The van der Waals surface area contributed by atoms with Gasteiger partial charge in [0.1, 0.15) is 5.82 Å². The molecule has 1 atom stereocenters. The van der Waals surface area contributed by atoms with E-state index in [1.807, 2.05) is 12.1 Å². The van der Waals surface area contributed by atoms with Crippen LogP contribution in [0.15, 0.2) is 48.8 Å². The fourth-order valence-corrected chi connectivity index (χ4v) is 1.45. The van der Waals surface area contributed by atoms with Gasteiger partial charge in [-0.1, -0.05) is 18.2 Å². The largest absolute Gasteiger partial charge is 0.320 e. The summed E-state index contributed by atoms with van der Waals surface area (Å²) < 4.78 is 13.0. The molecule has 0 spiro atoms. The Labute approximate surface area is 87.6 Å². The molecular weight excluding hydrogens is 191 g/mol. The molecule has 76 valence electrons. The molecule has 1 aromatic carbocycles. The molecule has 2 nitrogen and oxygen atoms in total. The van der Waals surface area contributed by atoms with E-state index in [1.165, 1.54) is 12.1 Å². The van der Waals surface area contributed by atoms with Crippen LogP contribution in [-0.2, 0) is 0 Å². The molecule has 1 aromatic heterocycles. The number of hydrogen-bond donors (Lipinski definition) is 1. The number of rotatable bonds is 2. The van der Waals surface area contributed by atoms with Crippen LogP contribution < -0.4 is 5.73 Å². The lowest BCUT2D eigenvalue weighted by Gasteiger charge is -2.11. The van der Waals surface area contributed by atoms with Crippen molar-refractivity contribution in [2.75, 3.05) is 0 Å². The Balaban J connectivity index is 2.32. The van der Waals surface area contributed by atoms with E-state index in [2.05, 4.69) is 4.98 Å². The summed E-state index contributed by atoms with van der Waals surface area (Å²) in [7, 11) is 0. The molecule has 0 fully saturated rings. The van der Waals surface area contributed by atoms with Crippen molar-refractivity contribution in [3.63, 3.8) is 0 Å². The molecule has 2 aromatic rings. The summed E-state index contributed by atoms with van der Waals surface area (Å²) in [5.74, 6) is -0.271. The van der Waals surface area contributed by atoms with E-state index in [4.69, 9.17) is 5.73 Å². The number of benzene rings is 1. The van der Waals surface area contributed by atoms with Crippen LogP contribution in [-0.4, -0.2) is 4.98 Å². The lowest BCUT2D eigenvalue weighted by molar-refractivity contribution is 0.623. The van der Waals surface area contributed by atoms with Gasteiger partial charge >= 0.3 is 0 Å². The third-order valence-corrected chi connectivity index (χ3v) is 2.25. The van der Waals surface area contributed by atoms with Crippen LogP contribution in [0, 0.1) is 5.82 Å². The SMILES string of the molecule is NC(c1cccnc1)c1cccc(F)c1. The van der Waals surface area contributed by atoms with Crippen LogP contribution in [0.4, 0.5) is 4.39 Å². The molecular formula is C12H11FN2. The molecule has 2 N–H and O–H groups in total. The van der Waals surface area contributed by atoms with E-state index in [0.717, 1.165) is 11.1 Å². The first-order valence-corrected chi connectivity index (χ1v) is 4.68. The Kier molecular flexibility index (Phi) is 2.74. The molecule has 1 unspecified atom stereocenters. The third kappa shape index (κ3) is 2.19. The Hall–Kier alpha value is -1.74. The molecule has 0 amide bonds. The summed E-state index contributed by atoms with van der Waals surface area (Å²) in [6, 6.07) is 9.67. The summed E-state index contributed by atoms with van der Waals surface area (Å²) in [6.45, 7) is 0.